The Balaban J connectivity index is 1.55. The summed E-state index contributed by atoms with van der Waals surface area (Å²) in [6.07, 6.45) is 0. The van der Waals surface area contributed by atoms with Gasteiger partial charge in [-0.05, 0) is 23.6 Å². The molecule has 5 nitrogen and oxygen atoms in total. The van der Waals surface area contributed by atoms with Gasteiger partial charge in [-0.25, -0.2) is 8.42 Å². The van der Waals surface area contributed by atoms with E-state index in [1.54, 1.807) is 18.2 Å². The summed E-state index contributed by atoms with van der Waals surface area (Å²) in [5.41, 5.74) is 0.411. The van der Waals surface area contributed by atoms with E-state index in [1.165, 1.54) is 11.0 Å². The zero-order valence-corrected chi connectivity index (χ0v) is 14.1. The van der Waals surface area contributed by atoms with E-state index in [4.69, 9.17) is 4.74 Å². The Morgan fingerprint density at radius 2 is 1.60 bits per heavy atom. The fourth-order valence-corrected chi connectivity index (χ4v) is 4.40. The number of rotatable bonds is 4. The molecule has 0 radical (unpaired) electrons. The molecule has 1 aliphatic rings. The van der Waals surface area contributed by atoms with Crippen molar-refractivity contribution in [3.63, 3.8) is 0 Å². The molecule has 25 heavy (non-hydrogen) atoms. The van der Waals surface area contributed by atoms with E-state index < -0.39 is 15.1 Å². The summed E-state index contributed by atoms with van der Waals surface area (Å²) in [6.45, 7) is 0.363. The number of carbonyl (C=O) groups is 1. The Morgan fingerprint density at radius 1 is 0.880 bits per heavy atom. The number of sulfone groups is 1. The summed E-state index contributed by atoms with van der Waals surface area (Å²) in [4.78, 5) is 13.5. The molecule has 4 rings (SSSR count). The maximum absolute atomic E-state index is 12.2. The smallest absolute Gasteiger partial charge is 0.348 e. The molecule has 0 saturated carbocycles. The van der Waals surface area contributed by atoms with Gasteiger partial charge in [0.25, 0.3) is 9.84 Å². The van der Waals surface area contributed by atoms with Crippen molar-refractivity contribution < 1.29 is 17.9 Å². The van der Waals surface area contributed by atoms with Crippen LogP contribution < -0.4 is 9.64 Å². The molecule has 0 aliphatic carbocycles. The molecule has 0 unspecified atom stereocenters. The Kier molecular flexibility index (Phi) is 3.69. The van der Waals surface area contributed by atoms with Crippen molar-refractivity contribution in [2.45, 2.75) is 4.90 Å². The number of hydrogen-bond acceptors (Lipinski definition) is 4. The van der Waals surface area contributed by atoms with Gasteiger partial charge in [0.05, 0.1) is 12.2 Å². The molecule has 1 heterocycles. The second-order valence-electron chi connectivity index (χ2n) is 5.71. The van der Waals surface area contributed by atoms with E-state index in [2.05, 4.69) is 0 Å². The van der Waals surface area contributed by atoms with Crippen LogP contribution in [-0.4, -0.2) is 26.8 Å². The van der Waals surface area contributed by atoms with E-state index >= 15 is 0 Å². The van der Waals surface area contributed by atoms with E-state index in [-0.39, 0.29) is 18.0 Å². The van der Waals surface area contributed by atoms with Gasteiger partial charge in [-0.15, -0.1) is 0 Å². The third kappa shape index (κ3) is 2.55. The molecule has 3 aromatic rings. The first-order valence-corrected chi connectivity index (χ1v) is 9.33. The predicted molar refractivity (Wildman–Crippen MR) is 95.8 cm³/mol. The Hall–Kier alpha value is -2.86. The van der Waals surface area contributed by atoms with Crippen LogP contribution in [0.15, 0.2) is 71.6 Å². The highest BCUT2D eigenvalue weighted by atomic mass is 32.2. The number of anilines is 1. The first kappa shape index (κ1) is 15.7. The first-order valence-electron chi connectivity index (χ1n) is 7.85. The van der Waals surface area contributed by atoms with Gasteiger partial charge < -0.3 is 4.74 Å². The van der Waals surface area contributed by atoms with Gasteiger partial charge in [-0.1, -0.05) is 48.5 Å². The molecule has 0 N–H and O–H groups in total. The molecule has 3 aromatic carbocycles. The zero-order valence-electron chi connectivity index (χ0n) is 13.3. The Morgan fingerprint density at radius 3 is 2.48 bits per heavy atom. The fourth-order valence-electron chi connectivity index (χ4n) is 3.03. The lowest BCUT2D eigenvalue weighted by atomic mass is 10.1. The minimum absolute atomic E-state index is 0.0603. The van der Waals surface area contributed by atoms with Gasteiger partial charge in [0.1, 0.15) is 17.3 Å². The Labute approximate surface area is 145 Å². The van der Waals surface area contributed by atoms with Crippen molar-refractivity contribution in [1.29, 1.82) is 0 Å². The topological polar surface area (TPSA) is 63.7 Å². The number of fused-ring (bicyclic) bond motifs is 2. The van der Waals surface area contributed by atoms with E-state index in [0.29, 0.717) is 11.4 Å². The average Bonchev–Trinajstić information content (AvgIpc) is 2.83. The zero-order chi connectivity index (χ0) is 17.4. The van der Waals surface area contributed by atoms with Crippen LogP contribution in [0.3, 0.4) is 0 Å². The summed E-state index contributed by atoms with van der Waals surface area (Å²) in [5, 5.41) is 1.14. The van der Waals surface area contributed by atoms with Crippen LogP contribution in [0.5, 0.6) is 5.75 Å². The van der Waals surface area contributed by atoms with Crippen LogP contribution in [0.25, 0.3) is 10.8 Å². The van der Waals surface area contributed by atoms with Crippen LogP contribution in [0.1, 0.15) is 0 Å². The molecule has 0 saturated heterocycles. The molecule has 0 aromatic heterocycles. The van der Waals surface area contributed by atoms with Gasteiger partial charge in [0.2, 0.25) is 0 Å². The maximum Gasteiger partial charge on any atom is 0.348 e. The number of benzene rings is 3. The lowest BCUT2D eigenvalue weighted by molar-refractivity contribution is 0.260. The van der Waals surface area contributed by atoms with Crippen molar-refractivity contribution in [2.75, 3.05) is 18.1 Å². The molecular weight excluding hydrogens is 338 g/mol. The molecule has 0 spiro atoms. The van der Waals surface area contributed by atoms with Gasteiger partial charge in [-0.2, -0.15) is 0 Å². The van der Waals surface area contributed by atoms with Gasteiger partial charge >= 0.3 is 5.24 Å². The lowest BCUT2D eigenvalue weighted by Crippen LogP contribution is -2.32. The summed E-state index contributed by atoms with van der Waals surface area (Å²) in [6, 6.07) is 20.0. The fraction of sp³-hybridized carbons (Fsp3) is 0.105. The summed E-state index contributed by atoms with van der Waals surface area (Å²) >= 11 is 0. The van der Waals surface area contributed by atoms with E-state index in [9.17, 15) is 13.2 Å². The van der Waals surface area contributed by atoms with Crippen LogP contribution in [-0.2, 0) is 9.84 Å². The number of carbonyl (C=O) groups excluding carboxylic acids is 1. The van der Waals surface area contributed by atoms with Crippen molar-refractivity contribution >= 4 is 31.5 Å². The molecule has 0 bridgehead atoms. The van der Waals surface area contributed by atoms with Crippen LogP contribution in [0.2, 0.25) is 0 Å². The quantitative estimate of drug-likeness (QED) is 0.718. The third-order valence-corrected chi connectivity index (χ3v) is 5.82. The molecule has 126 valence electrons. The standard InChI is InChI=1S/C19H15NO4S/c21-19-20(16-9-3-4-11-18(16)25(19,22)23)12-13-24-17-10-5-7-14-6-1-2-8-15(14)17/h1-11H,12-13H2. The lowest BCUT2D eigenvalue weighted by Gasteiger charge is -2.16. The SMILES string of the molecule is O=C1N(CCOc2cccc3ccccc23)c2ccccc2S1(=O)=O. The second-order valence-corrected chi connectivity index (χ2v) is 7.51. The van der Waals surface area contributed by atoms with Crippen molar-refractivity contribution in [1.82, 2.24) is 0 Å². The largest absolute Gasteiger partial charge is 0.491 e. The maximum atomic E-state index is 12.2. The third-order valence-electron chi connectivity index (χ3n) is 4.22. The van der Waals surface area contributed by atoms with Crippen molar-refractivity contribution in [2.24, 2.45) is 0 Å². The summed E-state index contributed by atoms with van der Waals surface area (Å²) < 4.78 is 30.2. The van der Waals surface area contributed by atoms with Crippen molar-refractivity contribution in [3.05, 3.63) is 66.7 Å². The number of ether oxygens (including phenoxy) is 1. The number of nitrogens with zero attached hydrogens (tertiary/aromatic N) is 1. The van der Waals surface area contributed by atoms with E-state index in [1.807, 2.05) is 42.5 Å². The van der Waals surface area contributed by atoms with E-state index in [0.717, 1.165) is 10.8 Å². The van der Waals surface area contributed by atoms with Gasteiger partial charge in [0.15, 0.2) is 0 Å². The van der Waals surface area contributed by atoms with Crippen LogP contribution in [0.4, 0.5) is 10.5 Å². The highest BCUT2D eigenvalue weighted by Gasteiger charge is 2.41. The predicted octanol–water partition coefficient (Wildman–Crippen LogP) is 3.63. The molecule has 6 heteroatoms. The number of para-hydroxylation sites is 1. The summed E-state index contributed by atoms with van der Waals surface area (Å²) in [7, 11) is -3.93. The highest BCUT2D eigenvalue weighted by Crippen LogP contribution is 2.35. The normalized spacial score (nSPS) is 15.4. The van der Waals surface area contributed by atoms with Crippen LogP contribution in [0, 0.1) is 0 Å². The minimum atomic E-state index is -3.93. The Bertz CT molecular complexity index is 1070. The molecule has 0 fully saturated rings. The van der Waals surface area contributed by atoms with Crippen molar-refractivity contribution in [3.8, 4) is 5.75 Å². The molecule has 1 amide bonds. The second kappa shape index (κ2) is 5.89. The highest BCUT2D eigenvalue weighted by molar-refractivity contribution is 8.07. The number of hydrogen-bond donors (Lipinski definition) is 0. The molecular formula is C19H15NO4S. The average molecular weight is 353 g/mol. The van der Waals surface area contributed by atoms with Gasteiger partial charge in [0, 0.05) is 5.39 Å². The van der Waals surface area contributed by atoms with Gasteiger partial charge in [-0.3, -0.25) is 9.69 Å². The molecule has 0 atom stereocenters. The minimum Gasteiger partial charge on any atom is -0.491 e. The number of amides is 1. The van der Waals surface area contributed by atoms with Crippen LogP contribution >= 0.6 is 0 Å². The molecule has 1 aliphatic heterocycles. The first-order chi connectivity index (χ1) is 12.1. The summed E-state index contributed by atoms with van der Waals surface area (Å²) in [5.74, 6) is 0.709. The monoisotopic (exact) mass is 353 g/mol.